The summed E-state index contributed by atoms with van der Waals surface area (Å²) >= 11 is 0. The maximum atomic E-state index is 11.6. The summed E-state index contributed by atoms with van der Waals surface area (Å²) in [5, 5.41) is 8.08. The third kappa shape index (κ3) is 1.86. The third-order valence-electron chi connectivity index (χ3n) is 2.66. The lowest BCUT2D eigenvalue weighted by molar-refractivity contribution is 0.100. The topological polar surface area (TPSA) is 146 Å². The van der Waals surface area contributed by atoms with Crippen molar-refractivity contribution in [3.8, 4) is 5.69 Å². The summed E-state index contributed by atoms with van der Waals surface area (Å²) in [5.74, 6) is -0.556. The first kappa shape index (κ1) is 11.8. The molecule has 9 nitrogen and oxygen atoms in total. The molecule has 5 N–H and O–H groups in total. The van der Waals surface area contributed by atoms with Crippen LogP contribution >= 0.6 is 0 Å². The van der Waals surface area contributed by atoms with E-state index < -0.39 is 11.5 Å². The molecule has 0 bridgehead atoms. The van der Waals surface area contributed by atoms with E-state index in [2.05, 4.69) is 20.2 Å². The summed E-state index contributed by atoms with van der Waals surface area (Å²) in [6.45, 7) is 0. The van der Waals surface area contributed by atoms with E-state index in [1.54, 1.807) is 12.1 Å². The van der Waals surface area contributed by atoms with Crippen LogP contribution in [0.2, 0.25) is 0 Å². The number of amides is 1. The van der Waals surface area contributed by atoms with Gasteiger partial charge in [-0.15, -0.1) is 15.0 Å². The van der Waals surface area contributed by atoms with E-state index in [0.29, 0.717) is 11.3 Å². The Morgan fingerprint density at radius 2 is 1.90 bits per heavy atom. The fraction of sp³-hybridized carbons (Fsp3) is 0. The molecule has 0 aliphatic rings. The van der Waals surface area contributed by atoms with E-state index >= 15 is 0 Å². The summed E-state index contributed by atoms with van der Waals surface area (Å²) in [7, 11) is 0. The second-order valence-electron chi connectivity index (χ2n) is 4.02. The van der Waals surface area contributed by atoms with Crippen molar-refractivity contribution in [2.24, 2.45) is 5.73 Å². The Morgan fingerprint density at radius 1 is 1.20 bits per heavy atom. The highest BCUT2D eigenvalue weighted by Crippen LogP contribution is 2.10. The Hall–Kier alpha value is -3.23. The molecule has 0 spiro atoms. The van der Waals surface area contributed by atoms with Crippen molar-refractivity contribution in [1.82, 2.24) is 25.0 Å². The maximum Gasteiger partial charge on any atom is 0.282 e. The van der Waals surface area contributed by atoms with Gasteiger partial charge in [-0.2, -0.15) is 4.98 Å². The monoisotopic (exact) mass is 271 g/mol. The molecule has 0 atom stereocenters. The Kier molecular flexibility index (Phi) is 2.46. The van der Waals surface area contributed by atoms with Gasteiger partial charge in [0.2, 0.25) is 17.5 Å². The summed E-state index contributed by atoms with van der Waals surface area (Å²) in [5.41, 5.74) is 11.3. The number of aromatic amines is 1. The number of rotatable bonds is 2. The van der Waals surface area contributed by atoms with Gasteiger partial charge in [0.15, 0.2) is 5.52 Å². The van der Waals surface area contributed by atoms with E-state index in [1.165, 1.54) is 16.9 Å². The normalized spacial score (nSPS) is 10.8. The quantitative estimate of drug-likeness (QED) is 0.555. The van der Waals surface area contributed by atoms with Crippen molar-refractivity contribution in [3.05, 3.63) is 40.2 Å². The Morgan fingerprint density at radius 3 is 2.55 bits per heavy atom. The SMILES string of the molecule is NC(=O)c1ccc(-n2nc3nc(N)[nH]c(=O)c3n2)cc1. The first-order valence-electron chi connectivity index (χ1n) is 5.57. The van der Waals surface area contributed by atoms with Crippen LogP contribution in [0.5, 0.6) is 0 Å². The Balaban J connectivity index is 2.12. The number of carbonyl (C=O) groups is 1. The van der Waals surface area contributed by atoms with Crippen LogP contribution in [0.25, 0.3) is 16.9 Å². The first-order chi connectivity index (χ1) is 9.54. The minimum Gasteiger partial charge on any atom is -0.369 e. The van der Waals surface area contributed by atoms with Crippen molar-refractivity contribution >= 4 is 23.0 Å². The average molecular weight is 271 g/mol. The molecular weight excluding hydrogens is 262 g/mol. The fourth-order valence-corrected chi connectivity index (χ4v) is 1.71. The first-order valence-corrected chi connectivity index (χ1v) is 5.57. The lowest BCUT2D eigenvalue weighted by atomic mass is 10.2. The number of nitrogen functional groups attached to an aromatic ring is 1. The minimum absolute atomic E-state index is 0.0290. The van der Waals surface area contributed by atoms with E-state index in [1.807, 2.05) is 0 Å². The van der Waals surface area contributed by atoms with Gasteiger partial charge in [0.05, 0.1) is 5.69 Å². The Bertz CT molecular complexity index is 863. The highest BCUT2D eigenvalue weighted by Gasteiger charge is 2.10. The molecule has 2 aromatic heterocycles. The van der Waals surface area contributed by atoms with E-state index in [9.17, 15) is 9.59 Å². The zero-order valence-electron chi connectivity index (χ0n) is 10.1. The maximum absolute atomic E-state index is 11.6. The zero-order valence-corrected chi connectivity index (χ0v) is 10.1. The van der Waals surface area contributed by atoms with Crippen LogP contribution in [0.1, 0.15) is 10.4 Å². The Labute approximate surface area is 111 Å². The number of nitrogens with two attached hydrogens (primary N) is 2. The predicted octanol–water partition coefficient (Wildman–Crippen LogP) is -0.815. The molecule has 20 heavy (non-hydrogen) atoms. The van der Waals surface area contributed by atoms with Crippen LogP contribution in [-0.4, -0.2) is 30.9 Å². The molecule has 0 aliphatic carbocycles. The van der Waals surface area contributed by atoms with Crippen LogP contribution in [0.15, 0.2) is 29.1 Å². The van der Waals surface area contributed by atoms with Gasteiger partial charge in [-0.3, -0.25) is 14.6 Å². The number of fused-ring (bicyclic) bond motifs is 1. The minimum atomic E-state index is -0.527. The van der Waals surface area contributed by atoms with Crippen molar-refractivity contribution in [3.63, 3.8) is 0 Å². The molecule has 100 valence electrons. The second-order valence-corrected chi connectivity index (χ2v) is 4.02. The van der Waals surface area contributed by atoms with E-state index in [-0.39, 0.29) is 17.1 Å². The third-order valence-corrected chi connectivity index (χ3v) is 2.66. The molecule has 0 radical (unpaired) electrons. The number of H-pyrrole nitrogens is 1. The van der Waals surface area contributed by atoms with Crippen molar-refractivity contribution in [1.29, 1.82) is 0 Å². The lowest BCUT2D eigenvalue weighted by Gasteiger charge is -1.99. The van der Waals surface area contributed by atoms with Crippen LogP contribution < -0.4 is 17.0 Å². The van der Waals surface area contributed by atoms with Gasteiger partial charge in [-0.1, -0.05) is 0 Å². The molecule has 0 saturated heterocycles. The fourth-order valence-electron chi connectivity index (χ4n) is 1.71. The van der Waals surface area contributed by atoms with Crippen molar-refractivity contribution in [2.45, 2.75) is 0 Å². The van der Waals surface area contributed by atoms with Crippen LogP contribution in [0.4, 0.5) is 5.95 Å². The van der Waals surface area contributed by atoms with E-state index in [4.69, 9.17) is 11.5 Å². The number of aromatic nitrogens is 5. The van der Waals surface area contributed by atoms with Crippen LogP contribution in [0.3, 0.4) is 0 Å². The molecular formula is C11H9N7O2. The number of hydrogen-bond acceptors (Lipinski definition) is 6. The smallest absolute Gasteiger partial charge is 0.282 e. The highest BCUT2D eigenvalue weighted by molar-refractivity contribution is 5.92. The molecule has 0 saturated carbocycles. The van der Waals surface area contributed by atoms with Crippen LogP contribution in [-0.2, 0) is 0 Å². The van der Waals surface area contributed by atoms with Gasteiger partial charge in [0.1, 0.15) is 0 Å². The molecule has 2 heterocycles. The molecule has 3 aromatic rings. The second kappa shape index (κ2) is 4.16. The van der Waals surface area contributed by atoms with E-state index in [0.717, 1.165) is 0 Å². The van der Waals surface area contributed by atoms with Gasteiger partial charge in [-0.05, 0) is 24.3 Å². The number of anilines is 1. The number of hydrogen-bond donors (Lipinski definition) is 3. The molecule has 0 aliphatic heterocycles. The number of carbonyl (C=O) groups excluding carboxylic acids is 1. The molecule has 9 heteroatoms. The zero-order chi connectivity index (χ0) is 14.3. The van der Waals surface area contributed by atoms with Crippen molar-refractivity contribution < 1.29 is 4.79 Å². The summed E-state index contributed by atoms with van der Waals surface area (Å²) in [4.78, 5) is 30.1. The largest absolute Gasteiger partial charge is 0.369 e. The van der Waals surface area contributed by atoms with Gasteiger partial charge in [0, 0.05) is 5.56 Å². The molecule has 3 rings (SSSR count). The summed E-state index contributed by atoms with van der Waals surface area (Å²) < 4.78 is 0. The predicted molar refractivity (Wildman–Crippen MR) is 70.2 cm³/mol. The average Bonchev–Trinajstić information content (AvgIpc) is 2.83. The van der Waals surface area contributed by atoms with Crippen molar-refractivity contribution in [2.75, 3.05) is 5.73 Å². The molecule has 1 aromatic carbocycles. The number of nitrogens with zero attached hydrogens (tertiary/aromatic N) is 4. The lowest BCUT2D eigenvalue weighted by Crippen LogP contribution is -2.11. The van der Waals surface area contributed by atoms with Gasteiger partial charge >= 0.3 is 0 Å². The summed E-state index contributed by atoms with van der Waals surface area (Å²) in [6.07, 6.45) is 0. The summed E-state index contributed by atoms with van der Waals surface area (Å²) in [6, 6.07) is 6.29. The number of benzene rings is 1. The molecule has 0 unspecified atom stereocenters. The number of primary amides is 1. The highest BCUT2D eigenvalue weighted by atomic mass is 16.1. The van der Waals surface area contributed by atoms with Gasteiger partial charge < -0.3 is 11.5 Å². The molecule has 0 fully saturated rings. The van der Waals surface area contributed by atoms with Gasteiger partial charge in [0.25, 0.3) is 5.56 Å². The molecule has 1 amide bonds. The van der Waals surface area contributed by atoms with Gasteiger partial charge in [-0.25, -0.2) is 0 Å². The van der Waals surface area contributed by atoms with Crippen LogP contribution in [0, 0.1) is 0 Å². The standard InChI is InChI=1S/C11H9N7O2/c12-8(19)5-1-3-6(4-2-5)18-16-7-9(17-18)14-11(13)15-10(7)20/h1-4H,(H2,12,19)(H3,13,14,15,17,20). The number of nitrogens with one attached hydrogen (secondary N) is 1.